The molecule has 1 saturated heterocycles. The van der Waals surface area contributed by atoms with Crippen LogP contribution in [0.1, 0.15) is 51.9 Å². The molecule has 1 saturated carbocycles. The first-order chi connectivity index (χ1) is 9.95. The number of carbonyl (C=O) groups excluding carboxylic acids is 1. The largest absolute Gasteiger partial charge is 0.391 e. The highest BCUT2D eigenvalue weighted by molar-refractivity contribution is 7.89. The SMILES string of the molecule is CCCS(=O)(=O)N1CCCC1C(=O)NC1CCCCC1O. The molecule has 0 spiro atoms. The number of aliphatic hydroxyl groups excluding tert-OH is 1. The second kappa shape index (κ2) is 7.07. The molecule has 21 heavy (non-hydrogen) atoms. The van der Waals surface area contributed by atoms with E-state index in [-0.39, 0.29) is 17.7 Å². The van der Waals surface area contributed by atoms with Gasteiger partial charge >= 0.3 is 0 Å². The minimum absolute atomic E-state index is 0.0861. The summed E-state index contributed by atoms with van der Waals surface area (Å²) in [5, 5.41) is 12.8. The standard InChI is InChI=1S/C14H26N2O4S/c1-2-10-21(19,20)16-9-5-7-12(16)14(18)15-11-6-3-4-8-13(11)17/h11-13,17H,2-10H2,1H3,(H,15,18). The zero-order valence-corrected chi connectivity index (χ0v) is 13.4. The summed E-state index contributed by atoms with van der Waals surface area (Å²) in [4.78, 5) is 12.4. The molecular formula is C14H26N2O4S. The zero-order chi connectivity index (χ0) is 15.5. The van der Waals surface area contributed by atoms with Gasteiger partial charge in [0.05, 0.1) is 17.9 Å². The highest BCUT2D eigenvalue weighted by Gasteiger charge is 2.39. The Balaban J connectivity index is 2.00. The van der Waals surface area contributed by atoms with Crippen molar-refractivity contribution in [1.29, 1.82) is 0 Å². The van der Waals surface area contributed by atoms with Crippen LogP contribution in [0.4, 0.5) is 0 Å². The van der Waals surface area contributed by atoms with Crippen LogP contribution in [-0.2, 0) is 14.8 Å². The number of nitrogens with zero attached hydrogens (tertiary/aromatic N) is 1. The molecule has 0 aromatic heterocycles. The molecule has 0 bridgehead atoms. The van der Waals surface area contributed by atoms with Crippen molar-refractivity contribution in [2.75, 3.05) is 12.3 Å². The molecule has 122 valence electrons. The van der Waals surface area contributed by atoms with Crippen molar-refractivity contribution in [3.8, 4) is 0 Å². The molecule has 0 radical (unpaired) electrons. The van der Waals surface area contributed by atoms with Gasteiger partial charge in [-0.05, 0) is 32.1 Å². The lowest BCUT2D eigenvalue weighted by Gasteiger charge is -2.31. The summed E-state index contributed by atoms with van der Waals surface area (Å²) in [6.45, 7) is 2.24. The van der Waals surface area contributed by atoms with Gasteiger partial charge in [0.15, 0.2) is 0 Å². The number of amides is 1. The first kappa shape index (κ1) is 16.7. The number of carbonyl (C=O) groups is 1. The van der Waals surface area contributed by atoms with E-state index in [9.17, 15) is 18.3 Å². The average Bonchev–Trinajstić information content (AvgIpc) is 2.91. The minimum Gasteiger partial charge on any atom is -0.391 e. The third-order valence-electron chi connectivity index (χ3n) is 4.38. The third-order valence-corrected chi connectivity index (χ3v) is 6.46. The molecule has 1 aliphatic carbocycles. The Morgan fingerprint density at radius 2 is 1.95 bits per heavy atom. The van der Waals surface area contributed by atoms with Gasteiger partial charge in [-0.2, -0.15) is 4.31 Å². The molecule has 0 aromatic rings. The lowest BCUT2D eigenvalue weighted by Crippen LogP contribution is -2.52. The fraction of sp³-hybridized carbons (Fsp3) is 0.929. The van der Waals surface area contributed by atoms with E-state index in [0.29, 0.717) is 32.2 Å². The molecule has 3 unspecified atom stereocenters. The van der Waals surface area contributed by atoms with Gasteiger partial charge in [-0.3, -0.25) is 4.79 Å². The molecule has 1 aliphatic heterocycles. The summed E-state index contributed by atoms with van der Waals surface area (Å²) in [6, 6.07) is -0.835. The predicted molar refractivity (Wildman–Crippen MR) is 80.2 cm³/mol. The van der Waals surface area contributed by atoms with Crippen molar-refractivity contribution < 1.29 is 18.3 Å². The van der Waals surface area contributed by atoms with Gasteiger partial charge in [-0.1, -0.05) is 19.8 Å². The Morgan fingerprint density at radius 1 is 1.24 bits per heavy atom. The molecule has 6 nitrogen and oxygen atoms in total. The van der Waals surface area contributed by atoms with Crippen LogP contribution in [0, 0.1) is 0 Å². The van der Waals surface area contributed by atoms with E-state index in [0.717, 1.165) is 19.3 Å². The average molecular weight is 318 g/mol. The van der Waals surface area contributed by atoms with Crippen LogP contribution in [0.2, 0.25) is 0 Å². The van der Waals surface area contributed by atoms with Gasteiger partial charge in [0.2, 0.25) is 15.9 Å². The maximum Gasteiger partial charge on any atom is 0.238 e. The normalized spacial score (nSPS) is 31.2. The predicted octanol–water partition coefficient (Wildman–Crippen LogP) is 0.610. The molecule has 2 N–H and O–H groups in total. The lowest BCUT2D eigenvalue weighted by atomic mass is 9.92. The second-order valence-electron chi connectivity index (χ2n) is 6.05. The molecule has 2 fully saturated rings. The molecule has 1 amide bonds. The van der Waals surface area contributed by atoms with Crippen molar-refractivity contribution in [3.05, 3.63) is 0 Å². The van der Waals surface area contributed by atoms with Crippen LogP contribution in [-0.4, -0.2) is 54.2 Å². The number of hydrogen-bond donors (Lipinski definition) is 2. The van der Waals surface area contributed by atoms with E-state index >= 15 is 0 Å². The maximum atomic E-state index is 12.4. The fourth-order valence-corrected chi connectivity index (χ4v) is 5.02. The van der Waals surface area contributed by atoms with Crippen LogP contribution in [0.25, 0.3) is 0 Å². The van der Waals surface area contributed by atoms with Crippen molar-refractivity contribution >= 4 is 15.9 Å². The Morgan fingerprint density at radius 3 is 2.62 bits per heavy atom. The van der Waals surface area contributed by atoms with Crippen molar-refractivity contribution in [2.24, 2.45) is 0 Å². The van der Waals surface area contributed by atoms with E-state index in [1.807, 2.05) is 6.92 Å². The minimum atomic E-state index is -3.35. The van der Waals surface area contributed by atoms with Crippen LogP contribution in [0.3, 0.4) is 0 Å². The van der Waals surface area contributed by atoms with Gasteiger partial charge in [-0.15, -0.1) is 0 Å². The molecular weight excluding hydrogens is 292 g/mol. The second-order valence-corrected chi connectivity index (χ2v) is 8.09. The molecule has 2 rings (SSSR count). The van der Waals surface area contributed by atoms with Crippen molar-refractivity contribution in [3.63, 3.8) is 0 Å². The summed E-state index contributed by atoms with van der Waals surface area (Å²) < 4.78 is 25.7. The van der Waals surface area contributed by atoms with E-state index in [2.05, 4.69) is 5.32 Å². The van der Waals surface area contributed by atoms with Crippen LogP contribution < -0.4 is 5.32 Å². The number of sulfonamides is 1. The molecule has 3 atom stereocenters. The van der Waals surface area contributed by atoms with Crippen LogP contribution in [0.15, 0.2) is 0 Å². The summed E-state index contributed by atoms with van der Waals surface area (Å²) in [6.07, 6.45) is 4.76. The third kappa shape index (κ3) is 3.96. The monoisotopic (exact) mass is 318 g/mol. The lowest BCUT2D eigenvalue weighted by molar-refractivity contribution is -0.126. The zero-order valence-electron chi connectivity index (χ0n) is 12.6. The molecule has 1 heterocycles. The van der Waals surface area contributed by atoms with E-state index in [1.54, 1.807) is 0 Å². The summed E-state index contributed by atoms with van der Waals surface area (Å²) in [7, 11) is -3.35. The van der Waals surface area contributed by atoms with E-state index in [1.165, 1.54) is 4.31 Å². The van der Waals surface area contributed by atoms with E-state index in [4.69, 9.17) is 0 Å². The fourth-order valence-electron chi connectivity index (χ4n) is 3.27. The topological polar surface area (TPSA) is 86.7 Å². The maximum absolute atomic E-state index is 12.4. The number of hydrogen-bond acceptors (Lipinski definition) is 4. The Labute approximate surface area is 126 Å². The summed E-state index contributed by atoms with van der Waals surface area (Å²) in [5.74, 6) is -0.166. The Bertz CT molecular complexity index is 466. The number of nitrogens with one attached hydrogen (secondary N) is 1. The Hall–Kier alpha value is -0.660. The summed E-state index contributed by atoms with van der Waals surface area (Å²) in [5.41, 5.74) is 0. The van der Waals surface area contributed by atoms with Gasteiger partial charge in [-0.25, -0.2) is 8.42 Å². The van der Waals surface area contributed by atoms with Crippen LogP contribution in [0.5, 0.6) is 0 Å². The highest BCUT2D eigenvalue weighted by atomic mass is 32.2. The number of aliphatic hydroxyl groups is 1. The molecule has 0 aromatic carbocycles. The van der Waals surface area contributed by atoms with Gasteiger partial charge in [0.25, 0.3) is 0 Å². The van der Waals surface area contributed by atoms with Gasteiger partial charge < -0.3 is 10.4 Å². The van der Waals surface area contributed by atoms with Crippen molar-refractivity contribution in [1.82, 2.24) is 9.62 Å². The van der Waals surface area contributed by atoms with Gasteiger partial charge in [0, 0.05) is 6.54 Å². The quantitative estimate of drug-likeness (QED) is 0.777. The first-order valence-electron chi connectivity index (χ1n) is 7.93. The summed E-state index contributed by atoms with van der Waals surface area (Å²) >= 11 is 0. The van der Waals surface area contributed by atoms with E-state index < -0.39 is 22.2 Å². The first-order valence-corrected chi connectivity index (χ1v) is 9.54. The number of rotatable bonds is 5. The molecule has 7 heteroatoms. The Kier molecular flexibility index (Phi) is 5.62. The molecule has 2 aliphatic rings. The smallest absolute Gasteiger partial charge is 0.238 e. The van der Waals surface area contributed by atoms with Crippen LogP contribution >= 0.6 is 0 Å². The van der Waals surface area contributed by atoms with Gasteiger partial charge in [0.1, 0.15) is 6.04 Å². The highest BCUT2D eigenvalue weighted by Crippen LogP contribution is 2.24. The van der Waals surface area contributed by atoms with Crippen molar-refractivity contribution in [2.45, 2.75) is 70.1 Å².